The van der Waals surface area contributed by atoms with Crippen LogP contribution in [-0.2, 0) is 10.2 Å². The maximum absolute atomic E-state index is 5.24. The summed E-state index contributed by atoms with van der Waals surface area (Å²) in [5.41, 5.74) is 1.25. The van der Waals surface area contributed by atoms with Crippen LogP contribution in [0, 0.1) is 0 Å². The average molecular weight is 365 g/mol. The molecule has 6 heteroatoms. The predicted molar refractivity (Wildman–Crippen MR) is 109 cm³/mol. The number of benzene rings is 1. The standard InChI is InChI=1S/C20H36N4O2/c1-20(2,17-8-10-18(26-6)11-9-17)16-23-19(21-3)22-12-14-24(4)13-7-15-25-5/h8-11H,7,12-16H2,1-6H3,(H2,21,22,23). The molecule has 26 heavy (non-hydrogen) atoms. The van der Waals surface area contributed by atoms with Gasteiger partial charge in [-0.2, -0.15) is 0 Å². The molecule has 2 N–H and O–H groups in total. The van der Waals surface area contributed by atoms with E-state index >= 15 is 0 Å². The molecule has 1 rings (SSSR count). The summed E-state index contributed by atoms with van der Waals surface area (Å²) in [6.07, 6.45) is 1.05. The zero-order chi connectivity index (χ0) is 19.4. The Morgan fingerprint density at radius 3 is 2.38 bits per heavy atom. The van der Waals surface area contributed by atoms with Crippen LogP contribution in [-0.4, -0.2) is 72.0 Å². The Balaban J connectivity index is 2.40. The van der Waals surface area contributed by atoms with Crippen molar-refractivity contribution in [2.45, 2.75) is 25.7 Å². The molecule has 0 atom stereocenters. The van der Waals surface area contributed by atoms with E-state index in [1.807, 2.05) is 12.1 Å². The van der Waals surface area contributed by atoms with Gasteiger partial charge in [-0.25, -0.2) is 0 Å². The van der Waals surface area contributed by atoms with Crippen molar-refractivity contribution >= 4 is 5.96 Å². The highest BCUT2D eigenvalue weighted by Crippen LogP contribution is 2.24. The van der Waals surface area contributed by atoms with Crippen LogP contribution in [0.15, 0.2) is 29.3 Å². The minimum absolute atomic E-state index is 0.0131. The molecule has 0 radical (unpaired) electrons. The van der Waals surface area contributed by atoms with E-state index in [1.54, 1.807) is 21.3 Å². The molecule has 0 unspecified atom stereocenters. The largest absolute Gasteiger partial charge is 0.497 e. The first-order chi connectivity index (χ1) is 12.4. The van der Waals surface area contributed by atoms with Crippen molar-refractivity contribution < 1.29 is 9.47 Å². The van der Waals surface area contributed by atoms with Crippen molar-refractivity contribution in [1.82, 2.24) is 15.5 Å². The molecule has 1 aromatic rings. The molecule has 0 aliphatic rings. The van der Waals surface area contributed by atoms with E-state index in [4.69, 9.17) is 9.47 Å². The molecule has 6 nitrogen and oxygen atoms in total. The van der Waals surface area contributed by atoms with Crippen molar-refractivity contribution in [3.8, 4) is 5.75 Å². The quantitative estimate of drug-likeness (QED) is 0.358. The molecule has 148 valence electrons. The predicted octanol–water partition coefficient (Wildman–Crippen LogP) is 2.11. The Morgan fingerprint density at radius 1 is 1.12 bits per heavy atom. The zero-order valence-corrected chi connectivity index (χ0v) is 17.3. The topological polar surface area (TPSA) is 58.1 Å². The van der Waals surface area contributed by atoms with Crippen LogP contribution < -0.4 is 15.4 Å². The molecule has 0 heterocycles. The fraction of sp³-hybridized carbons (Fsp3) is 0.650. The molecule has 1 aromatic carbocycles. The van der Waals surface area contributed by atoms with Gasteiger partial charge in [0.05, 0.1) is 7.11 Å². The van der Waals surface area contributed by atoms with E-state index in [-0.39, 0.29) is 5.41 Å². The second-order valence-electron chi connectivity index (χ2n) is 7.11. The maximum Gasteiger partial charge on any atom is 0.191 e. The van der Waals surface area contributed by atoms with Gasteiger partial charge in [-0.1, -0.05) is 26.0 Å². The zero-order valence-electron chi connectivity index (χ0n) is 17.3. The van der Waals surface area contributed by atoms with Gasteiger partial charge in [-0.05, 0) is 31.2 Å². The highest BCUT2D eigenvalue weighted by atomic mass is 16.5. The lowest BCUT2D eigenvalue weighted by molar-refractivity contribution is 0.180. The van der Waals surface area contributed by atoms with Crippen molar-refractivity contribution in [2.24, 2.45) is 4.99 Å². The van der Waals surface area contributed by atoms with E-state index < -0.39 is 0 Å². The Bertz CT molecular complexity index is 529. The van der Waals surface area contributed by atoms with Gasteiger partial charge in [-0.3, -0.25) is 4.99 Å². The van der Waals surface area contributed by atoms with Crippen LogP contribution in [0.5, 0.6) is 5.75 Å². The van der Waals surface area contributed by atoms with E-state index in [2.05, 4.69) is 53.6 Å². The van der Waals surface area contributed by atoms with Crippen molar-refractivity contribution in [3.05, 3.63) is 29.8 Å². The van der Waals surface area contributed by atoms with Crippen molar-refractivity contribution in [2.75, 3.05) is 61.1 Å². The van der Waals surface area contributed by atoms with Gasteiger partial charge in [0.2, 0.25) is 0 Å². The van der Waals surface area contributed by atoms with Gasteiger partial charge in [0.15, 0.2) is 5.96 Å². The number of nitrogens with one attached hydrogen (secondary N) is 2. The first kappa shape index (κ1) is 22.3. The Hall–Kier alpha value is -1.79. The lowest BCUT2D eigenvalue weighted by Crippen LogP contribution is -2.45. The SMILES string of the molecule is CN=C(NCCN(C)CCCOC)NCC(C)(C)c1ccc(OC)cc1. The number of nitrogens with zero attached hydrogens (tertiary/aromatic N) is 2. The molecule has 0 saturated carbocycles. The van der Waals surface area contributed by atoms with Gasteiger partial charge >= 0.3 is 0 Å². The third-order valence-corrected chi connectivity index (χ3v) is 4.47. The van der Waals surface area contributed by atoms with Gasteiger partial charge in [-0.15, -0.1) is 0 Å². The maximum atomic E-state index is 5.24. The van der Waals surface area contributed by atoms with E-state index in [9.17, 15) is 0 Å². The molecule has 0 saturated heterocycles. The summed E-state index contributed by atoms with van der Waals surface area (Å²) in [7, 11) is 7.36. The van der Waals surface area contributed by atoms with Crippen LogP contribution in [0.4, 0.5) is 0 Å². The first-order valence-corrected chi connectivity index (χ1v) is 9.19. The van der Waals surface area contributed by atoms with Crippen LogP contribution in [0.25, 0.3) is 0 Å². The summed E-state index contributed by atoms with van der Waals surface area (Å²) in [6, 6.07) is 8.24. The highest BCUT2D eigenvalue weighted by Gasteiger charge is 2.21. The average Bonchev–Trinajstić information content (AvgIpc) is 2.64. The number of rotatable bonds is 11. The Morgan fingerprint density at radius 2 is 1.81 bits per heavy atom. The summed E-state index contributed by atoms with van der Waals surface area (Å²) in [5, 5.41) is 6.81. The Kier molecular flexibility index (Phi) is 10.1. The summed E-state index contributed by atoms with van der Waals surface area (Å²) < 4.78 is 10.3. The fourth-order valence-corrected chi connectivity index (χ4v) is 2.63. The van der Waals surface area contributed by atoms with E-state index in [0.717, 1.165) is 50.9 Å². The molecular formula is C20H36N4O2. The normalized spacial score (nSPS) is 12.3. The lowest BCUT2D eigenvalue weighted by Gasteiger charge is -2.27. The fourth-order valence-electron chi connectivity index (χ4n) is 2.63. The number of aliphatic imine (C=N–C) groups is 1. The van der Waals surface area contributed by atoms with Crippen molar-refractivity contribution in [1.29, 1.82) is 0 Å². The Labute approximate surface area is 159 Å². The van der Waals surface area contributed by atoms with Crippen LogP contribution in [0.1, 0.15) is 25.8 Å². The summed E-state index contributed by atoms with van der Waals surface area (Å²) in [4.78, 5) is 6.61. The van der Waals surface area contributed by atoms with E-state index in [0.29, 0.717) is 0 Å². The summed E-state index contributed by atoms with van der Waals surface area (Å²) in [6.45, 7) is 8.89. The number of hydrogen-bond acceptors (Lipinski definition) is 4. The number of likely N-dealkylation sites (N-methyl/N-ethyl adjacent to an activating group) is 1. The summed E-state index contributed by atoms with van der Waals surface area (Å²) >= 11 is 0. The molecule has 0 fully saturated rings. The van der Waals surface area contributed by atoms with Crippen LogP contribution in [0.3, 0.4) is 0 Å². The van der Waals surface area contributed by atoms with Crippen LogP contribution >= 0.6 is 0 Å². The number of guanidine groups is 1. The van der Waals surface area contributed by atoms with E-state index in [1.165, 1.54) is 5.56 Å². The number of methoxy groups -OCH3 is 2. The monoisotopic (exact) mass is 364 g/mol. The number of hydrogen-bond donors (Lipinski definition) is 2. The molecule has 0 spiro atoms. The molecular weight excluding hydrogens is 328 g/mol. The smallest absolute Gasteiger partial charge is 0.191 e. The molecule has 0 aromatic heterocycles. The third-order valence-electron chi connectivity index (χ3n) is 4.47. The summed E-state index contributed by atoms with van der Waals surface area (Å²) in [5.74, 6) is 1.71. The van der Waals surface area contributed by atoms with Crippen LogP contribution in [0.2, 0.25) is 0 Å². The molecule has 0 aliphatic carbocycles. The lowest BCUT2D eigenvalue weighted by atomic mass is 9.84. The minimum Gasteiger partial charge on any atom is -0.497 e. The van der Waals surface area contributed by atoms with Gasteiger partial charge in [0.25, 0.3) is 0 Å². The van der Waals surface area contributed by atoms with Crippen molar-refractivity contribution in [3.63, 3.8) is 0 Å². The number of ether oxygens (including phenoxy) is 2. The second kappa shape index (κ2) is 11.8. The molecule has 0 bridgehead atoms. The molecule has 0 aliphatic heterocycles. The van der Waals surface area contributed by atoms with Gasteiger partial charge in [0.1, 0.15) is 5.75 Å². The third kappa shape index (κ3) is 8.06. The second-order valence-corrected chi connectivity index (χ2v) is 7.11. The highest BCUT2D eigenvalue weighted by molar-refractivity contribution is 5.79. The first-order valence-electron chi connectivity index (χ1n) is 9.19. The van der Waals surface area contributed by atoms with Gasteiger partial charge < -0.3 is 25.0 Å². The molecule has 0 amide bonds. The van der Waals surface area contributed by atoms with Gasteiger partial charge in [0, 0.05) is 52.4 Å². The minimum atomic E-state index is -0.0131.